The summed E-state index contributed by atoms with van der Waals surface area (Å²) in [5.74, 6) is 1.51. The van der Waals surface area contributed by atoms with Crippen molar-refractivity contribution < 1.29 is 14.3 Å². The topological polar surface area (TPSA) is 77.8 Å². The van der Waals surface area contributed by atoms with Crippen LogP contribution in [0.1, 0.15) is 16.2 Å². The molecule has 1 aromatic carbocycles. The molecule has 24 heavy (non-hydrogen) atoms. The summed E-state index contributed by atoms with van der Waals surface area (Å²) in [6.45, 7) is 0.542. The third-order valence-corrected chi connectivity index (χ3v) is 3.99. The van der Waals surface area contributed by atoms with E-state index in [-0.39, 0.29) is 12.7 Å². The second-order valence-electron chi connectivity index (χ2n) is 5.24. The van der Waals surface area contributed by atoms with Gasteiger partial charge in [-0.3, -0.25) is 9.20 Å². The van der Waals surface area contributed by atoms with Gasteiger partial charge in [-0.1, -0.05) is 17.7 Å². The van der Waals surface area contributed by atoms with Crippen molar-refractivity contribution in [2.75, 3.05) is 13.3 Å². The predicted molar refractivity (Wildman–Crippen MR) is 86.6 cm³/mol. The maximum atomic E-state index is 12.3. The first-order valence-electron chi connectivity index (χ1n) is 7.38. The van der Waals surface area contributed by atoms with Crippen molar-refractivity contribution >= 4 is 23.2 Å². The number of hydrogen-bond donors (Lipinski definition) is 1. The zero-order valence-corrected chi connectivity index (χ0v) is 13.3. The van der Waals surface area contributed by atoms with Gasteiger partial charge in [0.05, 0.1) is 5.02 Å². The number of amides is 1. The van der Waals surface area contributed by atoms with Gasteiger partial charge in [-0.05, 0) is 24.3 Å². The second kappa shape index (κ2) is 6.01. The average Bonchev–Trinajstić information content (AvgIpc) is 3.22. The third-order valence-electron chi connectivity index (χ3n) is 3.71. The summed E-state index contributed by atoms with van der Waals surface area (Å²) in [4.78, 5) is 12.3. The van der Waals surface area contributed by atoms with Crippen LogP contribution in [0.15, 0.2) is 36.5 Å². The van der Waals surface area contributed by atoms with E-state index >= 15 is 0 Å². The highest BCUT2D eigenvalue weighted by Gasteiger charge is 2.20. The molecule has 0 spiro atoms. The minimum absolute atomic E-state index is 0.111. The molecule has 0 radical (unpaired) electrons. The van der Waals surface area contributed by atoms with E-state index in [0.29, 0.717) is 35.1 Å². The summed E-state index contributed by atoms with van der Waals surface area (Å²) >= 11 is 6.09. The highest BCUT2D eigenvalue weighted by Crippen LogP contribution is 2.39. The molecule has 1 amide bonds. The molecule has 8 heteroatoms. The van der Waals surface area contributed by atoms with Crippen molar-refractivity contribution in [2.45, 2.75) is 6.42 Å². The van der Waals surface area contributed by atoms with Crippen molar-refractivity contribution in [3.8, 4) is 11.5 Å². The van der Waals surface area contributed by atoms with Crippen LogP contribution >= 0.6 is 11.6 Å². The predicted octanol–water partition coefficient (Wildman–Crippen LogP) is 2.08. The minimum atomic E-state index is -0.232. The van der Waals surface area contributed by atoms with E-state index in [9.17, 15) is 4.79 Å². The van der Waals surface area contributed by atoms with Crippen LogP contribution in [0, 0.1) is 0 Å². The maximum absolute atomic E-state index is 12.3. The van der Waals surface area contributed by atoms with Crippen molar-refractivity contribution in [1.82, 2.24) is 19.9 Å². The number of aromatic nitrogens is 3. The normalized spacial score (nSPS) is 12.5. The molecule has 1 aliphatic rings. The zero-order chi connectivity index (χ0) is 16.5. The Kier molecular flexibility index (Phi) is 3.70. The Bertz CT molecular complexity index is 925. The molecule has 0 saturated carbocycles. The Labute approximate surface area is 142 Å². The van der Waals surface area contributed by atoms with E-state index in [0.717, 1.165) is 11.5 Å². The summed E-state index contributed by atoms with van der Waals surface area (Å²) in [6.07, 6.45) is 2.46. The first kappa shape index (κ1) is 14.8. The molecular weight excluding hydrogens is 332 g/mol. The molecule has 3 aromatic rings. The first-order chi connectivity index (χ1) is 11.7. The van der Waals surface area contributed by atoms with Crippen LogP contribution in [0.4, 0.5) is 0 Å². The number of nitrogens with one attached hydrogen (secondary N) is 1. The van der Waals surface area contributed by atoms with Crippen LogP contribution in [0.3, 0.4) is 0 Å². The lowest BCUT2D eigenvalue weighted by molar-refractivity contribution is 0.0953. The first-order valence-corrected chi connectivity index (χ1v) is 7.76. The molecule has 2 aromatic heterocycles. The zero-order valence-electron chi connectivity index (χ0n) is 12.5. The number of rotatable bonds is 4. The molecule has 122 valence electrons. The number of carbonyl (C=O) groups is 1. The van der Waals surface area contributed by atoms with Crippen LogP contribution < -0.4 is 14.8 Å². The fourth-order valence-electron chi connectivity index (χ4n) is 2.55. The Hall–Kier alpha value is -2.80. The quantitative estimate of drug-likeness (QED) is 0.784. The number of ether oxygens (including phenoxy) is 2. The van der Waals surface area contributed by atoms with Gasteiger partial charge in [-0.25, -0.2) is 0 Å². The Balaban J connectivity index is 1.43. The summed E-state index contributed by atoms with van der Waals surface area (Å²) < 4.78 is 12.4. The van der Waals surface area contributed by atoms with Crippen LogP contribution in [-0.4, -0.2) is 33.8 Å². The smallest absolute Gasteiger partial charge is 0.251 e. The molecule has 0 saturated heterocycles. The van der Waals surface area contributed by atoms with E-state index in [2.05, 4.69) is 15.5 Å². The molecule has 0 atom stereocenters. The van der Waals surface area contributed by atoms with Crippen LogP contribution in [-0.2, 0) is 6.42 Å². The number of nitrogens with zero attached hydrogens (tertiary/aromatic N) is 3. The number of fused-ring (bicyclic) bond motifs is 2. The van der Waals surface area contributed by atoms with E-state index in [1.807, 2.05) is 28.8 Å². The molecule has 1 aliphatic heterocycles. The summed E-state index contributed by atoms with van der Waals surface area (Å²) in [5.41, 5.74) is 1.21. The molecule has 4 rings (SSSR count). The van der Waals surface area contributed by atoms with Gasteiger partial charge in [0.25, 0.3) is 5.91 Å². The van der Waals surface area contributed by atoms with Gasteiger partial charge in [-0.15, -0.1) is 10.2 Å². The minimum Gasteiger partial charge on any atom is -0.454 e. The van der Waals surface area contributed by atoms with Gasteiger partial charge in [0.15, 0.2) is 17.1 Å². The van der Waals surface area contributed by atoms with E-state index < -0.39 is 0 Å². The van der Waals surface area contributed by atoms with Crippen molar-refractivity contribution in [1.29, 1.82) is 0 Å². The van der Waals surface area contributed by atoms with E-state index in [4.69, 9.17) is 21.1 Å². The molecule has 7 nitrogen and oxygen atoms in total. The largest absolute Gasteiger partial charge is 0.454 e. The highest BCUT2D eigenvalue weighted by atomic mass is 35.5. The lowest BCUT2D eigenvalue weighted by Crippen LogP contribution is -2.26. The third kappa shape index (κ3) is 2.63. The maximum Gasteiger partial charge on any atom is 0.251 e. The molecule has 0 bridgehead atoms. The summed E-state index contributed by atoms with van der Waals surface area (Å²) in [6, 6.07) is 8.88. The fourth-order valence-corrected chi connectivity index (χ4v) is 2.81. The van der Waals surface area contributed by atoms with Crippen molar-refractivity contribution in [3.63, 3.8) is 0 Å². The van der Waals surface area contributed by atoms with Crippen LogP contribution in [0.5, 0.6) is 11.5 Å². The van der Waals surface area contributed by atoms with Crippen molar-refractivity contribution in [3.05, 3.63) is 52.9 Å². The number of benzene rings is 1. The van der Waals surface area contributed by atoms with Gasteiger partial charge < -0.3 is 14.8 Å². The van der Waals surface area contributed by atoms with Gasteiger partial charge in [0.1, 0.15) is 5.82 Å². The molecule has 0 aliphatic carbocycles. The molecular formula is C16H13ClN4O3. The highest BCUT2D eigenvalue weighted by molar-refractivity contribution is 6.32. The fraction of sp³-hybridized carbons (Fsp3) is 0.188. The average molecular weight is 345 g/mol. The second-order valence-corrected chi connectivity index (χ2v) is 5.65. The van der Waals surface area contributed by atoms with E-state index in [1.54, 1.807) is 12.1 Å². The van der Waals surface area contributed by atoms with Crippen LogP contribution in [0.2, 0.25) is 5.02 Å². The van der Waals surface area contributed by atoms with Crippen LogP contribution in [0.25, 0.3) is 5.65 Å². The number of pyridine rings is 1. The standard InChI is InChI=1S/C16H13ClN4O3/c17-11-7-10(8-12-15(11)24-9-23-12)16(22)18-5-4-14-20-19-13-3-1-2-6-21(13)14/h1-3,6-8H,4-5,9H2,(H,18,22). The van der Waals surface area contributed by atoms with Gasteiger partial charge >= 0.3 is 0 Å². The molecule has 0 fully saturated rings. The Morgan fingerprint density at radius 1 is 1.29 bits per heavy atom. The van der Waals surface area contributed by atoms with Gasteiger partial charge in [-0.2, -0.15) is 0 Å². The van der Waals surface area contributed by atoms with Gasteiger partial charge in [0.2, 0.25) is 6.79 Å². The molecule has 3 heterocycles. The van der Waals surface area contributed by atoms with E-state index in [1.165, 1.54) is 0 Å². The molecule has 0 unspecified atom stereocenters. The van der Waals surface area contributed by atoms with Crippen molar-refractivity contribution in [2.24, 2.45) is 0 Å². The monoisotopic (exact) mass is 344 g/mol. The number of hydrogen-bond acceptors (Lipinski definition) is 5. The number of halogens is 1. The Morgan fingerprint density at radius 3 is 3.12 bits per heavy atom. The Morgan fingerprint density at radius 2 is 2.21 bits per heavy atom. The summed E-state index contributed by atoms with van der Waals surface area (Å²) in [7, 11) is 0. The SMILES string of the molecule is O=C(NCCc1nnc2ccccn12)c1cc(Cl)c2c(c1)OCO2. The lowest BCUT2D eigenvalue weighted by Gasteiger charge is -2.06. The summed E-state index contributed by atoms with van der Waals surface area (Å²) in [5, 5.41) is 11.4. The van der Waals surface area contributed by atoms with Gasteiger partial charge in [0, 0.05) is 24.7 Å². The number of carbonyl (C=O) groups excluding carboxylic acids is 1. The lowest BCUT2D eigenvalue weighted by atomic mass is 10.2. The molecule has 1 N–H and O–H groups in total.